The van der Waals surface area contributed by atoms with E-state index in [1.807, 2.05) is 0 Å². The standard InChI is InChI=1S/Cl2S.Li.P.S/c1-3-2;;;. The molecule has 0 aliphatic carbocycles. The molecule has 0 aromatic carbocycles. The summed E-state index contributed by atoms with van der Waals surface area (Å²) in [6.45, 7) is 0. The van der Waals surface area contributed by atoms with Gasteiger partial charge < -0.3 is 0 Å². The van der Waals surface area contributed by atoms with Crippen LogP contribution in [0.1, 0.15) is 0 Å². The molecule has 0 atom stereocenters. The van der Waals surface area contributed by atoms with Gasteiger partial charge in [0.25, 0.3) is 0 Å². The molecule has 6 radical (unpaired) electrons. The molecule has 0 amide bonds. The molecular weight excluding hydrogens is 173 g/mol. The Balaban J connectivity index is -0.00000000667. The van der Waals surface area contributed by atoms with Crippen LogP contribution in [0.3, 0.4) is 0 Å². The Hall–Kier alpha value is 2.31. The first-order valence-corrected chi connectivity index (χ1v) is 2.78. The Morgan fingerprint density at radius 1 is 1.17 bits per heavy atom. The number of rotatable bonds is 0. The van der Waals surface area contributed by atoms with Crippen LogP contribution < -0.4 is 0 Å². The van der Waals surface area contributed by atoms with Crippen LogP contribution in [-0.2, 0) is 0 Å². The third kappa shape index (κ3) is 33.4. The van der Waals surface area contributed by atoms with Gasteiger partial charge in [-0.2, -0.15) is 0 Å². The van der Waals surface area contributed by atoms with E-state index in [2.05, 4.69) is 21.4 Å². The molecule has 0 spiro atoms. The molecule has 0 fully saturated rings. The summed E-state index contributed by atoms with van der Waals surface area (Å²) >= 11 is 0. The molecule has 32 valence electrons. The van der Waals surface area contributed by atoms with Crippen molar-refractivity contribution in [3.63, 3.8) is 0 Å². The molecule has 0 N–H and O–H groups in total. The number of hydrogen-bond donors (Lipinski definition) is 0. The summed E-state index contributed by atoms with van der Waals surface area (Å²) < 4.78 is 0. The van der Waals surface area contributed by atoms with Crippen molar-refractivity contribution >= 4 is 73.8 Å². The van der Waals surface area contributed by atoms with Crippen LogP contribution >= 0.6 is 54.9 Å². The molecule has 6 heteroatoms. The van der Waals surface area contributed by atoms with Crippen molar-refractivity contribution in [2.75, 3.05) is 0 Å². The first kappa shape index (κ1) is 23.9. The van der Waals surface area contributed by atoms with E-state index in [0.717, 1.165) is 0 Å². The molecule has 0 heterocycles. The maximum Gasteiger partial charge on any atom is 0.0523 e. The molecular formula is Cl2LiPS2. The molecule has 0 saturated heterocycles. The molecule has 0 rings (SSSR count). The van der Waals surface area contributed by atoms with Gasteiger partial charge in [0.1, 0.15) is 0 Å². The van der Waals surface area contributed by atoms with Crippen LogP contribution in [0.5, 0.6) is 0 Å². The van der Waals surface area contributed by atoms with Gasteiger partial charge in [-0.05, 0) is 21.4 Å². The van der Waals surface area contributed by atoms with Gasteiger partial charge in [0.2, 0.25) is 0 Å². The van der Waals surface area contributed by atoms with Crippen LogP contribution in [0.25, 0.3) is 0 Å². The van der Waals surface area contributed by atoms with Crippen molar-refractivity contribution in [1.82, 2.24) is 0 Å². The van der Waals surface area contributed by atoms with Crippen LogP contribution in [0.2, 0.25) is 0 Å². The summed E-state index contributed by atoms with van der Waals surface area (Å²) in [6, 6.07) is 0. The van der Waals surface area contributed by atoms with Crippen molar-refractivity contribution in [2.24, 2.45) is 0 Å². The van der Waals surface area contributed by atoms with Gasteiger partial charge >= 0.3 is 0 Å². The third-order valence-corrected chi connectivity index (χ3v) is 0. The average molecular weight is 173 g/mol. The molecule has 0 aromatic rings. The Morgan fingerprint density at radius 3 is 1.17 bits per heavy atom. The quantitative estimate of drug-likeness (QED) is 0.400. The Kier molecular flexibility index (Phi) is 106. The van der Waals surface area contributed by atoms with Crippen molar-refractivity contribution in [2.45, 2.75) is 0 Å². The summed E-state index contributed by atoms with van der Waals surface area (Å²) in [5, 5.41) is 0. The molecule has 0 unspecified atom stereocenters. The van der Waals surface area contributed by atoms with Gasteiger partial charge in [0.05, 0.1) is 10.2 Å². The van der Waals surface area contributed by atoms with E-state index < -0.39 is 0 Å². The summed E-state index contributed by atoms with van der Waals surface area (Å²) in [5.41, 5.74) is 0. The largest absolute Gasteiger partial charge is 0.0523 e. The van der Waals surface area contributed by atoms with E-state index in [1.54, 1.807) is 0 Å². The van der Waals surface area contributed by atoms with Crippen LogP contribution in [0.4, 0.5) is 0 Å². The van der Waals surface area contributed by atoms with Gasteiger partial charge in [-0.3, -0.25) is 0 Å². The topological polar surface area (TPSA) is 0 Å². The molecule has 6 heavy (non-hydrogen) atoms. The van der Waals surface area contributed by atoms with Crippen LogP contribution in [0.15, 0.2) is 0 Å². The zero-order chi connectivity index (χ0) is 2.71. The minimum Gasteiger partial charge on any atom is -0.0261 e. The Bertz CT molecular complexity index is 11.5. The molecule has 0 aromatic heterocycles. The van der Waals surface area contributed by atoms with Crippen molar-refractivity contribution < 1.29 is 0 Å². The summed E-state index contributed by atoms with van der Waals surface area (Å²) in [5.74, 6) is 0. The predicted molar refractivity (Wildman–Crippen MR) is 39.6 cm³/mol. The van der Waals surface area contributed by atoms with Crippen molar-refractivity contribution in [3.05, 3.63) is 0 Å². The summed E-state index contributed by atoms with van der Waals surface area (Å²) in [4.78, 5) is 0. The first-order chi connectivity index (χ1) is 1.41. The van der Waals surface area contributed by atoms with E-state index in [-0.39, 0.29) is 42.3 Å². The zero-order valence-corrected chi connectivity index (χ0v) is 7.06. The fourth-order valence-electron chi connectivity index (χ4n) is 0. The van der Waals surface area contributed by atoms with Crippen LogP contribution in [0, 0.1) is 0 Å². The van der Waals surface area contributed by atoms with E-state index >= 15 is 0 Å². The molecule has 0 aliphatic heterocycles. The van der Waals surface area contributed by atoms with E-state index in [0.29, 0.717) is 10.2 Å². The smallest absolute Gasteiger partial charge is 0.0261 e. The van der Waals surface area contributed by atoms with Gasteiger partial charge in [0, 0.05) is 42.3 Å². The second-order valence-corrected chi connectivity index (χ2v) is 1.57. The SMILES string of the molecule is ClSCl.[Li].[P].[S]. The normalized spacial score (nSPS) is 3.00. The van der Waals surface area contributed by atoms with Crippen LogP contribution in [-0.4, -0.2) is 18.9 Å². The van der Waals surface area contributed by atoms with E-state index in [4.69, 9.17) is 0 Å². The molecule has 0 aliphatic rings. The average Bonchev–Trinajstić information content (AvgIpc) is 0.918. The molecule has 0 bridgehead atoms. The Labute approximate surface area is 73.4 Å². The second-order valence-electron chi connectivity index (χ2n) is 0.0583. The Morgan fingerprint density at radius 2 is 1.17 bits per heavy atom. The van der Waals surface area contributed by atoms with Gasteiger partial charge in [-0.1, -0.05) is 0 Å². The third-order valence-electron chi connectivity index (χ3n) is 0. The molecule has 0 nitrogen and oxygen atoms in total. The maximum absolute atomic E-state index is 4.68. The minimum absolute atomic E-state index is 0. The van der Waals surface area contributed by atoms with Crippen molar-refractivity contribution in [3.8, 4) is 0 Å². The van der Waals surface area contributed by atoms with E-state index in [1.165, 1.54) is 0 Å². The van der Waals surface area contributed by atoms with E-state index in [9.17, 15) is 0 Å². The van der Waals surface area contributed by atoms with Gasteiger partial charge in [-0.15, -0.1) is 0 Å². The van der Waals surface area contributed by atoms with Gasteiger partial charge in [-0.25, -0.2) is 0 Å². The predicted octanol–water partition coefficient (Wildman–Crippen LogP) is 3.16. The van der Waals surface area contributed by atoms with Gasteiger partial charge in [0.15, 0.2) is 0 Å². The maximum atomic E-state index is 4.68. The number of halogens is 2. The first-order valence-electron chi connectivity index (χ1n) is 0.309. The van der Waals surface area contributed by atoms with Crippen molar-refractivity contribution in [1.29, 1.82) is 0 Å². The zero-order valence-electron chi connectivity index (χ0n) is 3.02. The fraction of sp³-hybridized carbons (Fsp3) is 0. The fourth-order valence-corrected chi connectivity index (χ4v) is 0. The molecule has 0 saturated carbocycles. The second kappa shape index (κ2) is 26.6. The minimum atomic E-state index is 0. The monoisotopic (exact) mass is 172 g/mol. The summed E-state index contributed by atoms with van der Waals surface area (Å²) in [7, 11) is 10.1. The summed E-state index contributed by atoms with van der Waals surface area (Å²) in [6.07, 6.45) is 0. The number of hydrogen-bond acceptors (Lipinski definition) is 1.